The highest BCUT2D eigenvalue weighted by Gasteiger charge is 2.39. The third kappa shape index (κ3) is 2.80. The zero-order chi connectivity index (χ0) is 13.9. The predicted molar refractivity (Wildman–Crippen MR) is 82.4 cm³/mol. The lowest BCUT2D eigenvalue weighted by molar-refractivity contribution is 0.273. The van der Waals surface area contributed by atoms with E-state index < -0.39 is 0 Å². The second kappa shape index (κ2) is 5.83. The first kappa shape index (κ1) is 13.4. The van der Waals surface area contributed by atoms with Gasteiger partial charge in [-0.25, -0.2) is 10.8 Å². The van der Waals surface area contributed by atoms with Crippen molar-refractivity contribution >= 4 is 11.6 Å². The van der Waals surface area contributed by atoms with Gasteiger partial charge in [-0.3, -0.25) is 5.43 Å². The fraction of sp³-hybridized carbons (Fsp3) is 0.562. The topological polar surface area (TPSA) is 53.6 Å². The van der Waals surface area contributed by atoms with E-state index in [0.29, 0.717) is 0 Å². The zero-order valence-corrected chi connectivity index (χ0v) is 12.1. The molecule has 0 aliphatic heterocycles. The van der Waals surface area contributed by atoms with E-state index in [2.05, 4.69) is 22.4 Å². The summed E-state index contributed by atoms with van der Waals surface area (Å²) >= 11 is 0. The number of hydrogen-bond donors (Lipinski definition) is 2. The summed E-state index contributed by atoms with van der Waals surface area (Å²) in [4.78, 5) is 6.75. The normalized spacial score (nSPS) is 28.7. The standard InChI is InChI=1S/C16H24N4/c1-20(11-14-10-12-7-8-13(14)9-12)16(19-17)18-15-5-3-2-4-6-15/h2-6,12-14H,7-11,17H2,1H3,(H,18,19). The number of aliphatic imine (C=N–C) groups is 1. The van der Waals surface area contributed by atoms with Gasteiger partial charge in [0.1, 0.15) is 0 Å². The van der Waals surface area contributed by atoms with Crippen LogP contribution in [0.4, 0.5) is 5.69 Å². The van der Waals surface area contributed by atoms with Crippen LogP contribution < -0.4 is 11.3 Å². The lowest BCUT2D eigenvalue weighted by Gasteiger charge is -2.28. The molecule has 3 rings (SSSR count). The van der Waals surface area contributed by atoms with Crippen molar-refractivity contribution in [2.45, 2.75) is 25.7 Å². The molecule has 108 valence electrons. The molecule has 3 atom stereocenters. The van der Waals surface area contributed by atoms with E-state index in [1.165, 1.54) is 25.7 Å². The molecule has 0 radical (unpaired) electrons. The minimum atomic E-state index is 0.749. The van der Waals surface area contributed by atoms with Crippen LogP contribution in [0.25, 0.3) is 0 Å². The lowest BCUT2D eigenvalue weighted by atomic mass is 9.88. The first-order valence-corrected chi connectivity index (χ1v) is 7.57. The van der Waals surface area contributed by atoms with Crippen LogP contribution in [0.5, 0.6) is 0 Å². The number of nitrogens with one attached hydrogen (secondary N) is 1. The molecule has 3 unspecified atom stereocenters. The van der Waals surface area contributed by atoms with Gasteiger partial charge in [0.2, 0.25) is 5.96 Å². The van der Waals surface area contributed by atoms with Gasteiger partial charge in [0.05, 0.1) is 5.69 Å². The molecule has 20 heavy (non-hydrogen) atoms. The van der Waals surface area contributed by atoms with Crippen LogP contribution >= 0.6 is 0 Å². The molecule has 0 aromatic heterocycles. The Labute approximate surface area is 121 Å². The van der Waals surface area contributed by atoms with Crippen molar-refractivity contribution in [1.82, 2.24) is 10.3 Å². The Morgan fingerprint density at radius 1 is 1.30 bits per heavy atom. The van der Waals surface area contributed by atoms with Crippen molar-refractivity contribution < 1.29 is 0 Å². The first-order valence-electron chi connectivity index (χ1n) is 7.57. The van der Waals surface area contributed by atoms with Crippen LogP contribution in [-0.4, -0.2) is 24.5 Å². The second-order valence-electron chi connectivity index (χ2n) is 6.23. The molecule has 1 aromatic carbocycles. The molecule has 2 aliphatic rings. The molecule has 2 bridgehead atoms. The quantitative estimate of drug-likeness (QED) is 0.385. The number of para-hydroxylation sites is 1. The maximum Gasteiger partial charge on any atom is 0.213 e. The van der Waals surface area contributed by atoms with Crippen LogP contribution in [0.2, 0.25) is 0 Å². The Hall–Kier alpha value is -1.55. The average molecular weight is 272 g/mol. The highest BCUT2D eigenvalue weighted by Crippen LogP contribution is 2.48. The zero-order valence-electron chi connectivity index (χ0n) is 12.1. The van der Waals surface area contributed by atoms with E-state index in [-0.39, 0.29) is 0 Å². The van der Waals surface area contributed by atoms with Crippen LogP contribution in [0.3, 0.4) is 0 Å². The summed E-state index contributed by atoms with van der Waals surface area (Å²) < 4.78 is 0. The molecule has 0 amide bonds. The SMILES string of the molecule is CN(CC1CC2CCC1C2)C(=Nc1ccccc1)NN. The minimum absolute atomic E-state index is 0.749. The largest absolute Gasteiger partial charge is 0.344 e. The molecule has 3 N–H and O–H groups in total. The molecule has 4 heteroatoms. The van der Waals surface area contributed by atoms with E-state index in [1.807, 2.05) is 30.3 Å². The number of fused-ring (bicyclic) bond motifs is 2. The summed E-state index contributed by atoms with van der Waals surface area (Å²) in [6, 6.07) is 9.95. The third-order valence-electron chi connectivity index (χ3n) is 4.87. The van der Waals surface area contributed by atoms with Gasteiger partial charge in [0, 0.05) is 13.6 Å². The van der Waals surface area contributed by atoms with E-state index >= 15 is 0 Å². The van der Waals surface area contributed by atoms with Crippen LogP contribution in [-0.2, 0) is 0 Å². The smallest absolute Gasteiger partial charge is 0.213 e. The Balaban J connectivity index is 1.65. The minimum Gasteiger partial charge on any atom is -0.344 e. The van der Waals surface area contributed by atoms with Crippen molar-refractivity contribution in [3.05, 3.63) is 30.3 Å². The van der Waals surface area contributed by atoms with Gasteiger partial charge >= 0.3 is 0 Å². The van der Waals surface area contributed by atoms with Crippen molar-refractivity contribution in [2.75, 3.05) is 13.6 Å². The van der Waals surface area contributed by atoms with E-state index in [0.717, 1.165) is 35.9 Å². The number of nitrogens with zero attached hydrogens (tertiary/aromatic N) is 2. The summed E-state index contributed by atoms with van der Waals surface area (Å²) in [6.45, 7) is 1.05. The molecule has 2 saturated carbocycles. The fourth-order valence-electron chi connectivity index (χ4n) is 3.89. The summed E-state index contributed by atoms with van der Waals surface area (Å²) in [5, 5.41) is 0. The average Bonchev–Trinajstić information content (AvgIpc) is 3.08. The number of rotatable bonds is 3. The van der Waals surface area contributed by atoms with Crippen molar-refractivity contribution in [3.8, 4) is 0 Å². The molecule has 0 spiro atoms. The fourth-order valence-corrected chi connectivity index (χ4v) is 3.89. The van der Waals surface area contributed by atoms with Gasteiger partial charge in [0.15, 0.2) is 0 Å². The molecule has 1 aromatic rings. The number of benzene rings is 1. The number of hydrogen-bond acceptors (Lipinski definition) is 2. The van der Waals surface area contributed by atoms with Crippen molar-refractivity contribution in [2.24, 2.45) is 28.6 Å². The van der Waals surface area contributed by atoms with Gasteiger partial charge in [-0.15, -0.1) is 0 Å². The van der Waals surface area contributed by atoms with E-state index in [9.17, 15) is 0 Å². The second-order valence-corrected chi connectivity index (χ2v) is 6.23. The molecule has 2 fully saturated rings. The molecular weight excluding hydrogens is 248 g/mol. The van der Waals surface area contributed by atoms with Crippen LogP contribution in [0.15, 0.2) is 35.3 Å². The Morgan fingerprint density at radius 2 is 2.10 bits per heavy atom. The summed E-state index contributed by atoms with van der Waals surface area (Å²) in [5.41, 5.74) is 3.68. The monoisotopic (exact) mass is 272 g/mol. The van der Waals surface area contributed by atoms with Gasteiger partial charge in [-0.2, -0.15) is 0 Å². The van der Waals surface area contributed by atoms with Crippen molar-refractivity contribution in [3.63, 3.8) is 0 Å². The molecular formula is C16H24N4. The van der Waals surface area contributed by atoms with Gasteiger partial charge in [-0.1, -0.05) is 24.6 Å². The number of guanidine groups is 1. The van der Waals surface area contributed by atoms with Crippen molar-refractivity contribution in [1.29, 1.82) is 0 Å². The summed E-state index contributed by atoms with van der Waals surface area (Å²) in [6.07, 6.45) is 5.70. The van der Waals surface area contributed by atoms with Gasteiger partial charge in [-0.05, 0) is 49.1 Å². The van der Waals surface area contributed by atoms with E-state index in [1.54, 1.807) is 0 Å². The van der Waals surface area contributed by atoms with Crippen LogP contribution in [0, 0.1) is 17.8 Å². The highest BCUT2D eigenvalue weighted by molar-refractivity contribution is 5.81. The number of nitrogens with two attached hydrogens (primary N) is 1. The van der Waals surface area contributed by atoms with Gasteiger partial charge in [0.25, 0.3) is 0 Å². The number of hydrazine groups is 1. The Morgan fingerprint density at radius 3 is 2.70 bits per heavy atom. The molecule has 0 saturated heterocycles. The summed E-state index contributed by atoms with van der Waals surface area (Å²) in [7, 11) is 2.08. The van der Waals surface area contributed by atoms with E-state index in [4.69, 9.17) is 5.84 Å². The first-order chi connectivity index (χ1) is 9.76. The maximum absolute atomic E-state index is 5.65. The lowest BCUT2D eigenvalue weighted by Crippen LogP contribution is -2.45. The third-order valence-corrected chi connectivity index (χ3v) is 4.87. The predicted octanol–water partition coefficient (Wildman–Crippen LogP) is 2.51. The maximum atomic E-state index is 5.65. The highest BCUT2D eigenvalue weighted by atomic mass is 15.4. The summed E-state index contributed by atoms with van der Waals surface area (Å²) in [5.74, 6) is 9.13. The molecule has 4 nitrogen and oxygen atoms in total. The Bertz CT molecular complexity index is 471. The van der Waals surface area contributed by atoms with Crippen LogP contribution in [0.1, 0.15) is 25.7 Å². The molecule has 2 aliphatic carbocycles. The van der Waals surface area contributed by atoms with Gasteiger partial charge < -0.3 is 4.90 Å². The molecule has 0 heterocycles. The Kier molecular flexibility index (Phi) is 3.92.